The quantitative estimate of drug-likeness (QED) is 0.712. The maximum absolute atomic E-state index is 12.9. The van der Waals surface area contributed by atoms with E-state index in [1.165, 1.54) is 17.7 Å². The molecule has 26 heavy (non-hydrogen) atoms. The van der Waals surface area contributed by atoms with Crippen LogP contribution in [0.2, 0.25) is 0 Å². The number of amides is 2. The number of hydrogen-bond acceptors (Lipinski definition) is 3. The molecule has 1 aliphatic heterocycles. The van der Waals surface area contributed by atoms with E-state index >= 15 is 0 Å². The maximum Gasteiger partial charge on any atom is 0.319 e. The molecular formula is C19H24ClFN4O. The van der Waals surface area contributed by atoms with Crippen LogP contribution in [-0.4, -0.2) is 30.1 Å². The van der Waals surface area contributed by atoms with Gasteiger partial charge in [-0.25, -0.2) is 9.18 Å². The minimum atomic E-state index is -0.321. The number of carbonyl (C=O) groups excluding carboxylic acids is 1. The maximum atomic E-state index is 12.9. The first-order valence-electron chi connectivity index (χ1n) is 8.48. The molecule has 1 aliphatic rings. The molecule has 2 aromatic rings. The molecule has 2 aromatic carbocycles. The van der Waals surface area contributed by atoms with Crippen molar-refractivity contribution < 1.29 is 9.18 Å². The summed E-state index contributed by atoms with van der Waals surface area (Å²) >= 11 is 0. The molecule has 1 heterocycles. The van der Waals surface area contributed by atoms with E-state index < -0.39 is 0 Å². The Kier molecular flexibility index (Phi) is 7.24. The first-order chi connectivity index (χ1) is 12.1. The van der Waals surface area contributed by atoms with E-state index in [0.29, 0.717) is 5.69 Å². The van der Waals surface area contributed by atoms with Crippen molar-refractivity contribution in [3.8, 4) is 0 Å². The Hall–Kier alpha value is -2.31. The van der Waals surface area contributed by atoms with Gasteiger partial charge in [0.2, 0.25) is 0 Å². The Bertz CT molecular complexity index is 718. The summed E-state index contributed by atoms with van der Waals surface area (Å²) in [6.45, 7) is 2.73. The summed E-state index contributed by atoms with van der Waals surface area (Å²) in [6.07, 6.45) is 1.80. The number of hydrogen-bond donors (Lipinski definition) is 3. The van der Waals surface area contributed by atoms with E-state index in [0.717, 1.165) is 38.2 Å². The number of anilines is 2. The number of piperidine rings is 1. The minimum absolute atomic E-state index is 0. The number of nitrogens with two attached hydrogens (primary N) is 1. The van der Waals surface area contributed by atoms with E-state index in [-0.39, 0.29) is 30.3 Å². The van der Waals surface area contributed by atoms with Crippen molar-refractivity contribution in [3.05, 3.63) is 59.9 Å². The fraction of sp³-hybridized carbons (Fsp3) is 0.316. The van der Waals surface area contributed by atoms with Crippen molar-refractivity contribution in [1.82, 2.24) is 10.2 Å². The highest BCUT2D eigenvalue weighted by Crippen LogP contribution is 2.16. The Morgan fingerprint density at radius 3 is 2.50 bits per heavy atom. The highest BCUT2D eigenvalue weighted by atomic mass is 35.5. The second kappa shape index (κ2) is 9.40. The number of urea groups is 1. The molecule has 3 rings (SSSR count). The van der Waals surface area contributed by atoms with Crippen molar-refractivity contribution in [3.63, 3.8) is 0 Å². The van der Waals surface area contributed by atoms with E-state index in [4.69, 9.17) is 5.73 Å². The molecule has 0 atom stereocenters. The summed E-state index contributed by atoms with van der Waals surface area (Å²) in [4.78, 5) is 14.4. The molecule has 1 saturated heterocycles. The number of carbonyl (C=O) groups is 1. The largest absolute Gasteiger partial charge is 0.399 e. The summed E-state index contributed by atoms with van der Waals surface area (Å²) < 4.78 is 12.9. The van der Waals surface area contributed by atoms with Crippen molar-refractivity contribution in [2.45, 2.75) is 25.4 Å². The predicted octanol–water partition coefficient (Wildman–Crippen LogP) is 3.62. The zero-order chi connectivity index (χ0) is 17.6. The zero-order valence-electron chi connectivity index (χ0n) is 14.5. The topological polar surface area (TPSA) is 70.4 Å². The number of benzene rings is 2. The molecule has 1 fully saturated rings. The molecular weight excluding hydrogens is 355 g/mol. The number of likely N-dealkylation sites (tertiary alicyclic amines) is 1. The van der Waals surface area contributed by atoms with Gasteiger partial charge in [0, 0.05) is 37.1 Å². The first kappa shape index (κ1) is 20.0. The first-order valence-corrected chi connectivity index (χ1v) is 8.48. The average molecular weight is 379 g/mol. The molecule has 5 nitrogen and oxygen atoms in total. The van der Waals surface area contributed by atoms with E-state index in [1.807, 2.05) is 18.2 Å². The Morgan fingerprint density at radius 2 is 1.85 bits per heavy atom. The van der Waals surface area contributed by atoms with E-state index in [2.05, 4.69) is 21.6 Å². The van der Waals surface area contributed by atoms with Crippen LogP contribution in [0.1, 0.15) is 18.4 Å². The van der Waals surface area contributed by atoms with Gasteiger partial charge in [0.05, 0.1) is 0 Å². The van der Waals surface area contributed by atoms with Crippen molar-refractivity contribution >= 4 is 29.8 Å². The number of halogens is 2. The lowest BCUT2D eigenvalue weighted by Crippen LogP contribution is -2.45. The van der Waals surface area contributed by atoms with Crippen LogP contribution in [0.25, 0.3) is 0 Å². The molecule has 0 unspecified atom stereocenters. The molecule has 0 saturated carbocycles. The summed E-state index contributed by atoms with van der Waals surface area (Å²) in [6, 6.07) is 13.6. The van der Waals surface area contributed by atoms with Gasteiger partial charge in [0.15, 0.2) is 0 Å². The normalized spacial score (nSPS) is 15.1. The fourth-order valence-electron chi connectivity index (χ4n) is 3.07. The molecule has 2 amide bonds. The molecule has 4 N–H and O–H groups in total. The van der Waals surface area contributed by atoms with Gasteiger partial charge in [-0.15, -0.1) is 12.4 Å². The third-order valence-corrected chi connectivity index (χ3v) is 4.38. The monoisotopic (exact) mass is 378 g/mol. The van der Waals surface area contributed by atoms with Crippen LogP contribution in [0.5, 0.6) is 0 Å². The van der Waals surface area contributed by atoms with Crippen LogP contribution in [0.4, 0.5) is 20.6 Å². The molecule has 7 heteroatoms. The number of nitrogens with zero attached hydrogens (tertiary/aromatic N) is 1. The third kappa shape index (κ3) is 5.89. The van der Waals surface area contributed by atoms with Crippen molar-refractivity contribution in [2.75, 3.05) is 24.1 Å². The Labute approximate surface area is 159 Å². The second-order valence-electron chi connectivity index (χ2n) is 6.40. The standard InChI is InChI=1S/C19H23FN4O.ClH/c20-15-4-6-17(7-5-15)22-19(25)23-18-8-10-24(11-9-18)13-14-2-1-3-16(21)12-14;/h1-7,12,18H,8-11,13,21H2,(H2,22,23,25);1H. The van der Waals surface area contributed by atoms with Gasteiger partial charge in [0.25, 0.3) is 0 Å². The molecule has 0 spiro atoms. The molecule has 0 aromatic heterocycles. The van der Waals surface area contributed by atoms with Gasteiger partial charge < -0.3 is 16.4 Å². The zero-order valence-corrected chi connectivity index (χ0v) is 15.3. The van der Waals surface area contributed by atoms with Crippen LogP contribution in [0.15, 0.2) is 48.5 Å². The van der Waals surface area contributed by atoms with Crippen LogP contribution < -0.4 is 16.4 Å². The SMILES string of the molecule is Cl.Nc1cccc(CN2CCC(NC(=O)Nc3ccc(F)cc3)CC2)c1. The smallest absolute Gasteiger partial charge is 0.319 e. The van der Waals surface area contributed by atoms with Crippen LogP contribution in [0.3, 0.4) is 0 Å². The Balaban J connectivity index is 0.00000243. The minimum Gasteiger partial charge on any atom is -0.399 e. The van der Waals surface area contributed by atoms with Gasteiger partial charge in [-0.1, -0.05) is 12.1 Å². The van der Waals surface area contributed by atoms with Gasteiger partial charge in [-0.05, 0) is 54.8 Å². The second-order valence-corrected chi connectivity index (χ2v) is 6.40. The highest BCUT2D eigenvalue weighted by Gasteiger charge is 2.20. The lowest BCUT2D eigenvalue weighted by molar-refractivity contribution is 0.190. The van der Waals surface area contributed by atoms with E-state index in [1.54, 1.807) is 12.1 Å². The molecule has 140 valence electrons. The highest BCUT2D eigenvalue weighted by molar-refractivity contribution is 5.89. The summed E-state index contributed by atoms with van der Waals surface area (Å²) in [5, 5.41) is 5.71. The van der Waals surface area contributed by atoms with Gasteiger partial charge in [-0.3, -0.25) is 4.90 Å². The van der Waals surface area contributed by atoms with Gasteiger partial charge >= 0.3 is 6.03 Å². The number of nitrogen functional groups attached to an aromatic ring is 1. The van der Waals surface area contributed by atoms with Gasteiger partial charge in [-0.2, -0.15) is 0 Å². The lowest BCUT2D eigenvalue weighted by Gasteiger charge is -2.32. The van der Waals surface area contributed by atoms with Crippen molar-refractivity contribution in [2.24, 2.45) is 0 Å². The predicted molar refractivity (Wildman–Crippen MR) is 105 cm³/mol. The average Bonchev–Trinajstić information content (AvgIpc) is 2.59. The fourth-order valence-corrected chi connectivity index (χ4v) is 3.07. The van der Waals surface area contributed by atoms with Crippen LogP contribution >= 0.6 is 12.4 Å². The van der Waals surface area contributed by atoms with Crippen molar-refractivity contribution in [1.29, 1.82) is 0 Å². The number of rotatable bonds is 4. The molecule has 0 aliphatic carbocycles. The Morgan fingerprint density at radius 1 is 1.15 bits per heavy atom. The van der Waals surface area contributed by atoms with Crippen LogP contribution in [-0.2, 0) is 6.54 Å². The number of nitrogens with one attached hydrogen (secondary N) is 2. The van der Waals surface area contributed by atoms with Crippen LogP contribution in [0, 0.1) is 5.82 Å². The van der Waals surface area contributed by atoms with E-state index in [9.17, 15) is 9.18 Å². The summed E-state index contributed by atoms with van der Waals surface area (Å²) in [7, 11) is 0. The molecule has 0 radical (unpaired) electrons. The summed E-state index contributed by atoms with van der Waals surface area (Å²) in [5.41, 5.74) is 8.39. The third-order valence-electron chi connectivity index (χ3n) is 4.38. The lowest BCUT2D eigenvalue weighted by atomic mass is 10.0. The van der Waals surface area contributed by atoms with Gasteiger partial charge in [0.1, 0.15) is 5.82 Å². The summed E-state index contributed by atoms with van der Waals surface area (Å²) in [5.74, 6) is -0.321. The molecule has 0 bridgehead atoms.